The van der Waals surface area contributed by atoms with Gasteiger partial charge in [0, 0.05) is 6.92 Å². The maximum atomic E-state index is 11.5. The van der Waals surface area contributed by atoms with E-state index in [1.165, 1.54) is 13.0 Å². The molecule has 0 aliphatic heterocycles. The van der Waals surface area contributed by atoms with Crippen LogP contribution in [-0.4, -0.2) is 17.9 Å². The number of ether oxygens (including phenoxy) is 1. The van der Waals surface area contributed by atoms with Crippen molar-refractivity contribution in [1.29, 1.82) is 0 Å². The molecular formula is C12H18O3. The molecule has 0 spiro atoms. The van der Waals surface area contributed by atoms with Crippen LogP contribution in [0.1, 0.15) is 39.5 Å². The molecule has 0 radical (unpaired) electrons. The summed E-state index contributed by atoms with van der Waals surface area (Å²) in [5.41, 5.74) is 0. The minimum Gasteiger partial charge on any atom is -0.458 e. The van der Waals surface area contributed by atoms with Crippen LogP contribution >= 0.6 is 0 Å². The molecule has 0 heterocycles. The van der Waals surface area contributed by atoms with Gasteiger partial charge in [0.2, 0.25) is 0 Å². The Morgan fingerprint density at radius 1 is 1.47 bits per heavy atom. The van der Waals surface area contributed by atoms with E-state index < -0.39 is 0 Å². The number of unbranched alkanes of at least 4 members (excludes halogenated alkanes) is 2. The van der Waals surface area contributed by atoms with Crippen LogP contribution in [0.3, 0.4) is 0 Å². The van der Waals surface area contributed by atoms with Crippen LogP contribution in [0.4, 0.5) is 0 Å². The largest absolute Gasteiger partial charge is 0.458 e. The summed E-state index contributed by atoms with van der Waals surface area (Å²) in [6, 6.07) is 0. The lowest BCUT2D eigenvalue weighted by atomic mass is 9.96. The number of carbonyl (C=O) groups is 2. The van der Waals surface area contributed by atoms with Crippen LogP contribution in [0.2, 0.25) is 0 Å². The smallest absolute Gasteiger partial charge is 0.303 e. The second kappa shape index (κ2) is 5.69. The third-order valence-electron chi connectivity index (χ3n) is 2.63. The summed E-state index contributed by atoms with van der Waals surface area (Å²) in [7, 11) is 0. The molecule has 0 saturated carbocycles. The molecule has 3 heteroatoms. The molecule has 0 aromatic rings. The lowest BCUT2D eigenvalue weighted by Crippen LogP contribution is -2.25. The summed E-state index contributed by atoms with van der Waals surface area (Å²) in [6.07, 6.45) is 6.99. The maximum absolute atomic E-state index is 11.5. The first-order valence-corrected chi connectivity index (χ1v) is 5.54. The number of hydrogen-bond donors (Lipinski definition) is 0. The highest BCUT2D eigenvalue weighted by Gasteiger charge is 2.31. The summed E-state index contributed by atoms with van der Waals surface area (Å²) >= 11 is 0. The van der Waals surface area contributed by atoms with Crippen LogP contribution in [-0.2, 0) is 14.3 Å². The zero-order chi connectivity index (χ0) is 11.3. The predicted octanol–water partition coefficient (Wildman–Crippen LogP) is 2.25. The lowest BCUT2D eigenvalue weighted by Gasteiger charge is -2.17. The average molecular weight is 210 g/mol. The SMILES string of the molecule is CCCCCC1C(=O)C=CC1OC(C)=O. The summed E-state index contributed by atoms with van der Waals surface area (Å²) in [6.45, 7) is 3.50. The maximum Gasteiger partial charge on any atom is 0.303 e. The van der Waals surface area contributed by atoms with Gasteiger partial charge in [0.15, 0.2) is 5.78 Å². The monoisotopic (exact) mass is 210 g/mol. The first-order valence-electron chi connectivity index (χ1n) is 5.54. The number of esters is 1. The molecule has 0 N–H and O–H groups in total. The van der Waals surface area contributed by atoms with E-state index in [0.717, 1.165) is 25.7 Å². The summed E-state index contributed by atoms with van der Waals surface area (Å²) in [5, 5.41) is 0. The van der Waals surface area contributed by atoms with Crippen molar-refractivity contribution in [3.05, 3.63) is 12.2 Å². The van der Waals surface area contributed by atoms with Crippen LogP contribution in [0.5, 0.6) is 0 Å². The highest BCUT2D eigenvalue weighted by atomic mass is 16.5. The van der Waals surface area contributed by atoms with Crippen LogP contribution in [0.15, 0.2) is 12.2 Å². The van der Waals surface area contributed by atoms with Gasteiger partial charge in [-0.25, -0.2) is 0 Å². The van der Waals surface area contributed by atoms with Crippen molar-refractivity contribution in [2.45, 2.75) is 45.6 Å². The Bertz CT molecular complexity index is 268. The Kier molecular flexibility index (Phi) is 4.53. The van der Waals surface area contributed by atoms with Gasteiger partial charge in [-0.05, 0) is 18.6 Å². The number of allylic oxidation sites excluding steroid dienone is 1. The zero-order valence-electron chi connectivity index (χ0n) is 9.36. The molecule has 1 aliphatic rings. The van der Waals surface area contributed by atoms with Gasteiger partial charge in [-0.15, -0.1) is 0 Å². The molecule has 1 aliphatic carbocycles. The summed E-state index contributed by atoms with van der Waals surface area (Å²) in [4.78, 5) is 22.3. The quantitative estimate of drug-likeness (QED) is 0.516. The molecule has 2 unspecified atom stereocenters. The molecular weight excluding hydrogens is 192 g/mol. The fourth-order valence-corrected chi connectivity index (χ4v) is 1.84. The topological polar surface area (TPSA) is 43.4 Å². The van der Waals surface area contributed by atoms with Crippen molar-refractivity contribution < 1.29 is 14.3 Å². The van der Waals surface area contributed by atoms with Crippen molar-refractivity contribution >= 4 is 11.8 Å². The van der Waals surface area contributed by atoms with E-state index in [9.17, 15) is 9.59 Å². The van der Waals surface area contributed by atoms with Gasteiger partial charge in [0.25, 0.3) is 0 Å². The molecule has 3 nitrogen and oxygen atoms in total. The van der Waals surface area contributed by atoms with E-state index in [-0.39, 0.29) is 23.8 Å². The third kappa shape index (κ3) is 3.50. The fraction of sp³-hybridized carbons (Fsp3) is 0.667. The molecule has 0 aromatic carbocycles. The van der Waals surface area contributed by atoms with E-state index in [1.807, 2.05) is 0 Å². The zero-order valence-corrected chi connectivity index (χ0v) is 9.36. The predicted molar refractivity (Wildman–Crippen MR) is 57.3 cm³/mol. The molecule has 0 amide bonds. The number of rotatable bonds is 5. The van der Waals surface area contributed by atoms with E-state index in [4.69, 9.17) is 4.74 Å². The molecule has 0 saturated heterocycles. The Hall–Kier alpha value is -1.12. The normalized spacial score (nSPS) is 24.5. The Labute approximate surface area is 90.5 Å². The summed E-state index contributed by atoms with van der Waals surface area (Å²) < 4.78 is 5.08. The van der Waals surface area contributed by atoms with Crippen LogP contribution in [0, 0.1) is 5.92 Å². The lowest BCUT2D eigenvalue weighted by molar-refractivity contribution is -0.146. The van der Waals surface area contributed by atoms with E-state index in [1.54, 1.807) is 6.08 Å². The molecule has 0 aromatic heterocycles. The van der Waals surface area contributed by atoms with Gasteiger partial charge in [0.1, 0.15) is 6.10 Å². The molecule has 0 fully saturated rings. The van der Waals surface area contributed by atoms with Gasteiger partial charge in [0.05, 0.1) is 5.92 Å². The molecule has 2 atom stereocenters. The molecule has 0 bridgehead atoms. The molecule has 15 heavy (non-hydrogen) atoms. The van der Waals surface area contributed by atoms with Gasteiger partial charge in [-0.2, -0.15) is 0 Å². The standard InChI is InChI=1S/C12H18O3/c1-3-4-5-6-10-11(14)7-8-12(10)15-9(2)13/h7-8,10,12H,3-6H2,1-2H3. The second-order valence-electron chi connectivity index (χ2n) is 3.94. The first kappa shape index (κ1) is 12.0. The number of ketones is 1. The van der Waals surface area contributed by atoms with Crippen molar-refractivity contribution in [3.8, 4) is 0 Å². The number of carbonyl (C=O) groups excluding carboxylic acids is 2. The minimum atomic E-state index is -0.327. The van der Waals surface area contributed by atoms with Gasteiger partial charge in [-0.1, -0.05) is 26.2 Å². The Morgan fingerprint density at radius 3 is 2.80 bits per heavy atom. The third-order valence-corrected chi connectivity index (χ3v) is 2.63. The highest BCUT2D eigenvalue weighted by Crippen LogP contribution is 2.24. The van der Waals surface area contributed by atoms with E-state index in [0.29, 0.717) is 0 Å². The molecule has 84 valence electrons. The van der Waals surface area contributed by atoms with E-state index >= 15 is 0 Å². The van der Waals surface area contributed by atoms with Gasteiger partial charge < -0.3 is 4.74 Å². The van der Waals surface area contributed by atoms with Crippen molar-refractivity contribution in [2.24, 2.45) is 5.92 Å². The van der Waals surface area contributed by atoms with Gasteiger partial charge in [-0.3, -0.25) is 9.59 Å². The summed E-state index contributed by atoms with van der Waals surface area (Å²) in [5.74, 6) is -0.363. The number of hydrogen-bond acceptors (Lipinski definition) is 3. The van der Waals surface area contributed by atoms with Crippen molar-refractivity contribution in [3.63, 3.8) is 0 Å². The fourth-order valence-electron chi connectivity index (χ4n) is 1.84. The van der Waals surface area contributed by atoms with E-state index in [2.05, 4.69) is 6.92 Å². The Morgan fingerprint density at radius 2 is 2.20 bits per heavy atom. The highest BCUT2D eigenvalue weighted by molar-refractivity contribution is 5.95. The van der Waals surface area contributed by atoms with Gasteiger partial charge >= 0.3 is 5.97 Å². The van der Waals surface area contributed by atoms with Crippen molar-refractivity contribution in [1.82, 2.24) is 0 Å². The van der Waals surface area contributed by atoms with Crippen LogP contribution in [0.25, 0.3) is 0 Å². The molecule has 1 rings (SSSR count). The second-order valence-corrected chi connectivity index (χ2v) is 3.94. The minimum absolute atomic E-state index is 0.0948. The Balaban J connectivity index is 2.44. The first-order chi connectivity index (χ1) is 7.15. The van der Waals surface area contributed by atoms with Crippen LogP contribution < -0.4 is 0 Å². The van der Waals surface area contributed by atoms with Crippen molar-refractivity contribution in [2.75, 3.05) is 0 Å². The average Bonchev–Trinajstić information content (AvgIpc) is 2.49.